The van der Waals surface area contributed by atoms with Gasteiger partial charge in [-0.15, -0.1) is 11.3 Å². The number of aryl methyl sites for hydroxylation is 2. The number of rotatable bonds is 7. The summed E-state index contributed by atoms with van der Waals surface area (Å²) in [6, 6.07) is 5.02. The maximum Gasteiger partial charge on any atom is 0.266 e. The first-order chi connectivity index (χ1) is 16.3. The second-order valence-corrected chi connectivity index (χ2v) is 12.9. The van der Waals surface area contributed by atoms with Gasteiger partial charge in [0.15, 0.2) is 11.6 Å². The highest BCUT2D eigenvalue weighted by Crippen LogP contribution is 2.40. The number of piperidine rings is 1. The van der Waals surface area contributed by atoms with E-state index in [0.717, 1.165) is 48.5 Å². The smallest absolute Gasteiger partial charge is 0.266 e. The molecule has 5 rings (SSSR count). The number of thiophene rings is 1. The molecule has 1 aromatic carbocycles. The van der Waals surface area contributed by atoms with Crippen LogP contribution in [0.25, 0.3) is 10.2 Å². The fraction of sp³-hybridized carbons (Fsp3) is 0.500. The Hall–Kier alpha value is -1.75. The van der Waals surface area contributed by atoms with Gasteiger partial charge in [-0.1, -0.05) is 22.9 Å². The minimum atomic E-state index is -3.93. The lowest BCUT2D eigenvalue weighted by Crippen LogP contribution is -3.11. The highest BCUT2D eigenvalue weighted by molar-refractivity contribution is 9.10. The number of hydrogen-bond acceptors (Lipinski definition) is 6. The summed E-state index contributed by atoms with van der Waals surface area (Å²) >= 11 is 5.08. The van der Waals surface area contributed by atoms with Gasteiger partial charge in [0.2, 0.25) is 0 Å². The van der Waals surface area contributed by atoms with Gasteiger partial charge < -0.3 is 9.64 Å². The van der Waals surface area contributed by atoms with Crippen LogP contribution in [0.15, 0.2) is 27.6 Å². The van der Waals surface area contributed by atoms with E-state index in [2.05, 4.69) is 27.6 Å². The maximum absolute atomic E-state index is 13.6. The number of hydrogen-bond donors (Lipinski definition) is 2. The summed E-state index contributed by atoms with van der Waals surface area (Å²) in [6.45, 7) is 7.42. The predicted molar refractivity (Wildman–Crippen MR) is 138 cm³/mol. The van der Waals surface area contributed by atoms with Gasteiger partial charge >= 0.3 is 0 Å². The van der Waals surface area contributed by atoms with Crippen LogP contribution < -0.4 is 14.4 Å². The zero-order chi connectivity index (χ0) is 23.9. The second-order valence-electron chi connectivity index (χ2n) is 9.26. The Labute approximate surface area is 213 Å². The molecule has 34 heavy (non-hydrogen) atoms. The number of nitrogens with zero attached hydrogens (tertiary/aromatic N) is 2. The average Bonchev–Trinajstić information content (AvgIpc) is 3.37. The lowest BCUT2D eigenvalue weighted by Gasteiger charge is -2.26. The highest BCUT2D eigenvalue weighted by atomic mass is 79.9. The Morgan fingerprint density at radius 2 is 2.03 bits per heavy atom. The van der Waals surface area contributed by atoms with Crippen LogP contribution in [0.5, 0.6) is 5.75 Å². The molecule has 1 saturated heterocycles. The summed E-state index contributed by atoms with van der Waals surface area (Å²) in [5, 5.41) is 0.861. The molecule has 0 saturated carbocycles. The molecule has 0 spiro atoms. The quantitative estimate of drug-likeness (QED) is 0.453. The fourth-order valence-electron chi connectivity index (χ4n) is 4.91. The predicted octanol–water partition coefficient (Wildman–Crippen LogP) is 3.96. The van der Waals surface area contributed by atoms with E-state index in [9.17, 15) is 8.42 Å². The molecular formula is C24H30BrN4O3S2+. The number of benzene rings is 1. The number of quaternary nitrogens is 1. The first-order valence-electron chi connectivity index (χ1n) is 11.9. The van der Waals surface area contributed by atoms with E-state index in [0.29, 0.717) is 35.0 Å². The molecule has 3 heterocycles. The van der Waals surface area contributed by atoms with Crippen molar-refractivity contribution >= 4 is 53.3 Å². The van der Waals surface area contributed by atoms with E-state index in [4.69, 9.17) is 14.7 Å². The van der Waals surface area contributed by atoms with E-state index < -0.39 is 10.0 Å². The summed E-state index contributed by atoms with van der Waals surface area (Å²) in [5.74, 6) is 2.19. The molecule has 0 atom stereocenters. The van der Waals surface area contributed by atoms with Crippen molar-refractivity contribution in [3.05, 3.63) is 38.9 Å². The van der Waals surface area contributed by atoms with E-state index in [1.54, 1.807) is 29.5 Å². The molecule has 1 fully saturated rings. The van der Waals surface area contributed by atoms with Gasteiger partial charge in [-0.05, 0) is 68.7 Å². The van der Waals surface area contributed by atoms with Crippen molar-refractivity contribution in [3.8, 4) is 5.75 Å². The molecule has 2 N–H and O–H groups in total. The molecule has 1 aliphatic carbocycles. The van der Waals surface area contributed by atoms with Crippen LogP contribution in [-0.4, -0.2) is 38.1 Å². The molecule has 10 heteroatoms. The minimum absolute atomic E-state index is 0.0968. The molecular weight excluding hydrogens is 536 g/mol. The van der Waals surface area contributed by atoms with Crippen molar-refractivity contribution < 1.29 is 18.1 Å². The fourth-order valence-corrected chi connectivity index (χ4v) is 7.89. The minimum Gasteiger partial charge on any atom is -0.492 e. The number of sulfonamides is 1. The lowest BCUT2D eigenvalue weighted by molar-refractivity contribution is -0.920. The Morgan fingerprint density at radius 1 is 1.24 bits per heavy atom. The van der Waals surface area contributed by atoms with Gasteiger partial charge in [0.05, 0.1) is 25.1 Å². The van der Waals surface area contributed by atoms with Crippen LogP contribution in [0.4, 0.5) is 5.82 Å². The zero-order valence-electron chi connectivity index (χ0n) is 19.5. The molecule has 1 aliphatic heterocycles. The van der Waals surface area contributed by atoms with Crippen molar-refractivity contribution in [1.82, 2.24) is 9.97 Å². The molecule has 0 unspecified atom stereocenters. The number of fused-ring (bicyclic) bond motifs is 3. The molecule has 2 aromatic heterocycles. The summed E-state index contributed by atoms with van der Waals surface area (Å²) in [5.41, 5.74) is 1.20. The third-order valence-corrected chi connectivity index (χ3v) is 9.77. The topological polar surface area (TPSA) is 85.6 Å². The van der Waals surface area contributed by atoms with Gasteiger partial charge in [0, 0.05) is 9.35 Å². The molecule has 0 bridgehead atoms. The Balaban J connectivity index is 1.55. The SMILES string of the molecule is CCOc1ccc(Br)cc1S(=O)(=O)Nc1nc(C[NH+]2CCC(C)CC2)nc2sc3c(c12)CCC3. The third kappa shape index (κ3) is 4.82. The van der Waals surface area contributed by atoms with Crippen molar-refractivity contribution in [1.29, 1.82) is 0 Å². The van der Waals surface area contributed by atoms with Crippen LogP contribution in [0.2, 0.25) is 0 Å². The van der Waals surface area contributed by atoms with Crippen molar-refractivity contribution in [3.63, 3.8) is 0 Å². The molecule has 7 nitrogen and oxygen atoms in total. The standard InChI is InChI=1S/C24H29BrN4O3S2/c1-3-32-18-8-7-16(25)13-20(18)34(30,31)28-23-22-17-5-4-6-19(17)33-24(22)27-21(26-23)14-29-11-9-15(2)10-12-29/h7-8,13,15H,3-6,9-12,14H2,1-2H3,(H,26,27,28)/p+1. The van der Waals surface area contributed by atoms with E-state index >= 15 is 0 Å². The monoisotopic (exact) mass is 565 g/mol. The van der Waals surface area contributed by atoms with E-state index in [1.165, 1.54) is 28.2 Å². The van der Waals surface area contributed by atoms with Gasteiger partial charge in [-0.25, -0.2) is 18.4 Å². The van der Waals surface area contributed by atoms with Gasteiger partial charge in [0.1, 0.15) is 22.0 Å². The number of halogens is 1. The van der Waals surface area contributed by atoms with Crippen LogP contribution in [0.3, 0.4) is 0 Å². The van der Waals surface area contributed by atoms with E-state index in [-0.39, 0.29) is 4.90 Å². The van der Waals surface area contributed by atoms with Crippen LogP contribution in [0.1, 0.15) is 49.4 Å². The maximum atomic E-state index is 13.6. The normalized spacial score (nSPS) is 20.4. The number of nitrogens with one attached hydrogen (secondary N) is 2. The van der Waals surface area contributed by atoms with Gasteiger partial charge in [0.25, 0.3) is 10.0 Å². The Morgan fingerprint density at radius 3 is 2.79 bits per heavy atom. The number of anilines is 1. The Kier molecular flexibility index (Phi) is 6.85. The first kappa shape index (κ1) is 24.0. The summed E-state index contributed by atoms with van der Waals surface area (Å²) in [4.78, 5) is 13.4. The summed E-state index contributed by atoms with van der Waals surface area (Å²) < 4.78 is 36.3. The number of likely N-dealkylation sites (tertiary alicyclic amines) is 1. The van der Waals surface area contributed by atoms with Gasteiger partial charge in [-0.2, -0.15) is 0 Å². The second kappa shape index (κ2) is 9.72. The van der Waals surface area contributed by atoms with E-state index in [1.807, 2.05) is 6.92 Å². The van der Waals surface area contributed by atoms with Crippen LogP contribution in [-0.2, 0) is 29.4 Å². The van der Waals surface area contributed by atoms with Crippen LogP contribution in [0, 0.1) is 5.92 Å². The molecule has 182 valence electrons. The number of aromatic nitrogens is 2. The Bertz CT molecular complexity index is 1320. The first-order valence-corrected chi connectivity index (χ1v) is 15.0. The average molecular weight is 567 g/mol. The molecule has 0 amide bonds. The van der Waals surface area contributed by atoms with Crippen molar-refractivity contribution in [2.75, 3.05) is 24.4 Å². The summed E-state index contributed by atoms with van der Waals surface area (Å²) in [7, 11) is -3.93. The largest absolute Gasteiger partial charge is 0.492 e. The molecule has 3 aromatic rings. The lowest BCUT2D eigenvalue weighted by atomic mass is 9.99. The van der Waals surface area contributed by atoms with Gasteiger partial charge in [-0.3, -0.25) is 4.72 Å². The zero-order valence-corrected chi connectivity index (χ0v) is 22.7. The number of ether oxygens (including phenoxy) is 1. The van der Waals surface area contributed by atoms with Crippen molar-refractivity contribution in [2.24, 2.45) is 5.92 Å². The third-order valence-electron chi connectivity index (χ3n) is 6.73. The highest BCUT2D eigenvalue weighted by Gasteiger charge is 2.28. The molecule has 2 aliphatic rings. The molecule has 0 radical (unpaired) electrons. The van der Waals surface area contributed by atoms with Crippen LogP contribution >= 0.6 is 27.3 Å². The van der Waals surface area contributed by atoms with Crippen molar-refractivity contribution in [2.45, 2.75) is 57.4 Å². The summed E-state index contributed by atoms with van der Waals surface area (Å²) in [6.07, 6.45) is 5.44.